The molecule has 4 aromatic rings. The predicted molar refractivity (Wildman–Crippen MR) is 136 cm³/mol. The minimum atomic E-state index is -4.76. The Balaban J connectivity index is 1.48. The van der Waals surface area contributed by atoms with Crippen LogP contribution in [0.2, 0.25) is 5.02 Å². The number of ether oxygens (including phenoxy) is 2. The lowest BCUT2D eigenvalue weighted by atomic mass is 9.75. The highest BCUT2D eigenvalue weighted by Gasteiger charge is 2.65. The van der Waals surface area contributed by atoms with E-state index in [4.69, 9.17) is 26.2 Å². The minimum Gasteiger partial charge on any atom is -0.478 e. The third-order valence-electron chi connectivity index (χ3n) is 7.43. The van der Waals surface area contributed by atoms with E-state index in [1.165, 1.54) is 59.5 Å². The van der Waals surface area contributed by atoms with Crippen LogP contribution in [0.3, 0.4) is 0 Å². The highest BCUT2D eigenvalue weighted by Crippen LogP contribution is 2.57. The van der Waals surface area contributed by atoms with Gasteiger partial charge in [0.25, 0.3) is 0 Å². The van der Waals surface area contributed by atoms with Crippen molar-refractivity contribution in [3.8, 4) is 11.6 Å². The first-order valence-electron chi connectivity index (χ1n) is 11.9. The fourth-order valence-electron chi connectivity index (χ4n) is 5.29. The van der Waals surface area contributed by atoms with Crippen molar-refractivity contribution in [2.45, 2.75) is 24.6 Å². The number of fused-ring (bicyclic) bond motifs is 1. The Morgan fingerprint density at radius 3 is 2.46 bits per heavy atom. The first-order chi connectivity index (χ1) is 18.3. The van der Waals surface area contributed by atoms with Gasteiger partial charge in [0.15, 0.2) is 5.60 Å². The number of hydrogen-bond acceptors (Lipinski definition) is 5. The van der Waals surface area contributed by atoms with E-state index in [0.29, 0.717) is 16.6 Å². The summed E-state index contributed by atoms with van der Waals surface area (Å²) < 4.78 is 58.4. The van der Waals surface area contributed by atoms with Crippen molar-refractivity contribution in [2.75, 3.05) is 6.61 Å². The van der Waals surface area contributed by atoms with Crippen molar-refractivity contribution < 1.29 is 32.5 Å². The number of aryl methyl sites for hydroxylation is 2. The SMILES string of the molecule is C[C@H]1C(c2ccc(Oc3ccc(C(=O)O)cn3)cc2Cl)CO[C@@]1(c1ccc2c(c1)n(C)c(=O)n2C)C(F)(F)F. The number of aromatic carboxylic acids is 1. The van der Waals surface area contributed by atoms with Crippen LogP contribution in [0.1, 0.15) is 34.3 Å². The summed E-state index contributed by atoms with van der Waals surface area (Å²) >= 11 is 6.52. The molecule has 1 N–H and O–H groups in total. The Labute approximate surface area is 225 Å². The van der Waals surface area contributed by atoms with Gasteiger partial charge in [-0.05, 0) is 41.5 Å². The number of carboxylic acids is 1. The largest absolute Gasteiger partial charge is 0.478 e. The summed E-state index contributed by atoms with van der Waals surface area (Å²) in [6, 6.07) is 11.5. The molecule has 1 aliphatic heterocycles. The van der Waals surface area contributed by atoms with Crippen LogP contribution in [-0.4, -0.2) is 38.0 Å². The highest BCUT2D eigenvalue weighted by atomic mass is 35.5. The minimum absolute atomic E-state index is 0.00673. The highest BCUT2D eigenvalue weighted by molar-refractivity contribution is 6.31. The van der Waals surface area contributed by atoms with Gasteiger partial charge in [-0.25, -0.2) is 14.6 Å². The number of halogens is 4. The number of imidazole rings is 1. The number of hydrogen-bond donors (Lipinski definition) is 1. The van der Waals surface area contributed by atoms with Gasteiger partial charge in [0.1, 0.15) is 5.75 Å². The molecule has 8 nitrogen and oxygen atoms in total. The van der Waals surface area contributed by atoms with Crippen LogP contribution in [-0.2, 0) is 24.4 Å². The van der Waals surface area contributed by atoms with Crippen LogP contribution in [0.15, 0.2) is 59.5 Å². The third kappa shape index (κ3) is 4.25. The van der Waals surface area contributed by atoms with Gasteiger partial charge in [-0.2, -0.15) is 13.2 Å². The van der Waals surface area contributed by atoms with Gasteiger partial charge in [0.05, 0.1) is 23.2 Å². The summed E-state index contributed by atoms with van der Waals surface area (Å²) in [5.74, 6) is -2.48. The number of alkyl halides is 3. The van der Waals surface area contributed by atoms with Gasteiger partial charge in [-0.1, -0.05) is 30.7 Å². The normalized spacial score (nSPS) is 21.4. The molecule has 12 heteroatoms. The molecule has 2 aromatic carbocycles. The number of nitrogens with zero attached hydrogens (tertiary/aromatic N) is 3. The molecule has 0 spiro atoms. The lowest BCUT2D eigenvalue weighted by Gasteiger charge is -2.36. The molecule has 2 aromatic heterocycles. The van der Waals surface area contributed by atoms with Crippen molar-refractivity contribution in [3.05, 3.63) is 86.9 Å². The summed E-state index contributed by atoms with van der Waals surface area (Å²) in [7, 11) is 3.07. The van der Waals surface area contributed by atoms with Gasteiger partial charge >= 0.3 is 17.8 Å². The molecule has 0 aliphatic carbocycles. The first-order valence-corrected chi connectivity index (χ1v) is 12.3. The summed E-state index contributed by atoms with van der Waals surface area (Å²) in [4.78, 5) is 27.3. The standard InChI is InChI=1S/C27H23ClF3N3O5/c1-14-19(18-7-6-17(11-20(18)28)39-23-9-4-15(12-32-23)24(35)36)13-38-26(14,27(29,30)31)16-5-8-21-22(10-16)34(3)25(37)33(21)2/h4-12,14,19H,13H2,1-3H3,(H,35,36)/t14-,19?,26-/m0/s1. The second-order valence-electron chi connectivity index (χ2n) is 9.52. The van der Waals surface area contributed by atoms with Crippen LogP contribution >= 0.6 is 11.6 Å². The molecule has 0 bridgehead atoms. The van der Waals surface area contributed by atoms with Crippen molar-refractivity contribution in [2.24, 2.45) is 20.0 Å². The molecule has 0 amide bonds. The zero-order valence-electron chi connectivity index (χ0n) is 21.0. The molecule has 3 atom stereocenters. The van der Waals surface area contributed by atoms with Crippen molar-refractivity contribution >= 4 is 28.6 Å². The number of pyridine rings is 1. The zero-order valence-corrected chi connectivity index (χ0v) is 21.7. The number of aromatic nitrogens is 3. The Morgan fingerprint density at radius 1 is 1.13 bits per heavy atom. The van der Waals surface area contributed by atoms with Crippen molar-refractivity contribution in [1.82, 2.24) is 14.1 Å². The summed E-state index contributed by atoms with van der Waals surface area (Å²) in [5.41, 5.74) is -1.72. The molecular formula is C27H23ClF3N3O5. The topological polar surface area (TPSA) is 95.6 Å². The van der Waals surface area contributed by atoms with Crippen LogP contribution < -0.4 is 10.4 Å². The van der Waals surface area contributed by atoms with E-state index in [9.17, 15) is 22.8 Å². The van der Waals surface area contributed by atoms with E-state index in [-0.39, 0.29) is 40.1 Å². The van der Waals surface area contributed by atoms with Crippen LogP contribution in [0.25, 0.3) is 11.0 Å². The molecule has 1 unspecified atom stereocenters. The maximum Gasteiger partial charge on any atom is 0.421 e. The van der Waals surface area contributed by atoms with Crippen LogP contribution in [0.5, 0.6) is 11.6 Å². The van der Waals surface area contributed by atoms with Gasteiger partial charge in [0, 0.05) is 43.2 Å². The lowest BCUT2D eigenvalue weighted by Crippen LogP contribution is -2.46. The number of benzene rings is 2. The zero-order chi connectivity index (χ0) is 28.3. The molecule has 1 aliphatic rings. The summed E-state index contributed by atoms with van der Waals surface area (Å²) in [6.07, 6.45) is -3.61. The van der Waals surface area contributed by atoms with Crippen LogP contribution in [0, 0.1) is 5.92 Å². The molecule has 0 radical (unpaired) electrons. The number of rotatable bonds is 5. The van der Waals surface area contributed by atoms with Crippen molar-refractivity contribution in [3.63, 3.8) is 0 Å². The molecular weight excluding hydrogens is 539 g/mol. The molecule has 1 saturated heterocycles. The van der Waals surface area contributed by atoms with E-state index < -0.39 is 29.6 Å². The van der Waals surface area contributed by atoms with E-state index in [0.717, 1.165) is 6.20 Å². The van der Waals surface area contributed by atoms with Gasteiger partial charge in [-0.3, -0.25) is 9.13 Å². The fourth-order valence-corrected chi connectivity index (χ4v) is 5.60. The number of carboxylic acid groups (broad SMARTS) is 1. The maximum absolute atomic E-state index is 14.8. The van der Waals surface area contributed by atoms with E-state index in [1.54, 1.807) is 19.2 Å². The Bertz CT molecular complexity index is 1650. The molecule has 5 rings (SSSR count). The van der Waals surface area contributed by atoms with Gasteiger partial charge < -0.3 is 14.6 Å². The first kappa shape index (κ1) is 26.8. The second-order valence-corrected chi connectivity index (χ2v) is 9.93. The number of carbonyl (C=O) groups is 1. The molecule has 204 valence electrons. The van der Waals surface area contributed by atoms with Gasteiger partial charge in [0.2, 0.25) is 5.88 Å². The average molecular weight is 562 g/mol. The third-order valence-corrected chi connectivity index (χ3v) is 7.76. The Morgan fingerprint density at radius 2 is 1.85 bits per heavy atom. The fraction of sp³-hybridized carbons (Fsp3) is 0.296. The molecule has 3 heterocycles. The second kappa shape index (κ2) is 9.42. The van der Waals surface area contributed by atoms with Gasteiger partial charge in [-0.15, -0.1) is 0 Å². The average Bonchev–Trinajstić information content (AvgIpc) is 3.34. The maximum atomic E-state index is 14.8. The summed E-state index contributed by atoms with van der Waals surface area (Å²) in [5, 5.41) is 9.18. The van der Waals surface area contributed by atoms with E-state index in [2.05, 4.69) is 4.98 Å². The van der Waals surface area contributed by atoms with E-state index >= 15 is 0 Å². The van der Waals surface area contributed by atoms with Crippen molar-refractivity contribution in [1.29, 1.82) is 0 Å². The lowest BCUT2D eigenvalue weighted by molar-refractivity contribution is -0.281. The quantitative estimate of drug-likeness (QED) is 0.340. The Hall–Kier alpha value is -3.83. The monoisotopic (exact) mass is 561 g/mol. The molecule has 1 fully saturated rings. The molecule has 39 heavy (non-hydrogen) atoms. The Kier molecular flexibility index (Phi) is 6.47. The van der Waals surface area contributed by atoms with Crippen LogP contribution in [0.4, 0.5) is 13.2 Å². The summed E-state index contributed by atoms with van der Waals surface area (Å²) in [6.45, 7) is 1.25. The predicted octanol–water partition coefficient (Wildman–Crippen LogP) is 5.62. The molecule has 0 saturated carbocycles. The smallest absolute Gasteiger partial charge is 0.421 e. The van der Waals surface area contributed by atoms with E-state index in [1.807, 2.05) is 0 Å².